The Hall–Kier alpha value is -2.80. The molecule has 7 heteroatoms. The number of nitrogens with one attached hydrogen (secondary N) is 3. The maximum atomic E-state index is 12.3. The molecule has 0 spiro atoms. The van der Waals surface area contributed by atoms with E-state index in [9.17, 15) is 4.79 Å². The highest BCUT2D eigenvalue weighted by molar-refractivity contribution is 5.94. The van der Waals surface area contributed by atoms with Crippen molar-refractivity contribution in [1.29, 1.82) is 0 Å². The summed E-state index contributed by atoms with van der Waals surface area (Å²) in [7, 11) is 0. The number of rotatable bonds is 7. The number of nitrogens with two attached hydrogens (primary N) is 1. The molecule has 3 aromatic rings. The van der Waals surface area contributed by atoms with E-state index >= 15 is 0 Å². The van der Waals surface area contributed by atoms with E-state index in [4.69, 9.17) is 10.5 Å². The predicted molar refractivity (Wildman–Crippen MR) is 111 cm³/mol. The number of alkyl carbamates (subject to hydrolysis) is 1. The molecule has 5 N–H and O–H groups in total. The monoisotopic (exact) mass is 383 g/mol. The van der Waals surface area contributed by atoms with Gasteiger partial charge in [0.05, 0.1) is 17.9 Å². The topological polar surface area (TPSA) is 109 Å². The Bertz CT molecular complexity index is 922. The first-order valence-electron chi connectivity index (χ1n) is 9.68. The highest BCUT2D eigenvalue weighted by Gasteiger charge is 2.22. The highest BCUT2D eigenvalue weighted by Crippen LogP contribution is 2.28. The van der Waals surface area contributed by atoms with Crippen molar-refractivity contribution in [3.05, 3.63) is 42.5 Å². The van der Waals surface area contributed by atoms with E-state index < -0.39 is 11.7 Å². The molecule has 2 heterocycles. The van der Waals surface area contributed by atoms with Crippen molar-refractivity contribution in [2.45, 2.75) is 51.7 Å². The highest BCUT2D eigenvalue weighted by atomic mass is 16.6. The number of nitrogens with zero attached hydrogens (tertiary/aromatic N) is 1. The molecule has 1 aromatic carbocycles. The number of hydrogen-bond donors (Lipinski definition) is 4. The Morgan fingerprint density at radius 1 is 1.29 bits per heavy atom. The second-order valence-electron chi connectivity index (χ2n) is 7.91. The molecule has 2 aromatic heterocycles. The van der Waals surface area contributed by atoms with Crippen LogP contribution in [0.2, 0.25) is 0 Å². The molecule has 0 aliphatic carbocycles. The zero-order valence-electron chi connectivity index (χ0n) is 16.7. The maximum absolute atomic E-state index is 12.3. The molecule has 0 fully saturated rings. The molecule has 7 nitrogen and oxygen atoms in total. The lowest BCUT2D eigenvalue weighted by Crippen LogP contribution is -2.35. The second-order valence-corrected chi connectivity index (χ2v) is 7.91. The van der Waals surface area contributed by atoms with Gasteiger partial charge in [0.2, 0.25) is 0 Å². The van der Waals surface area contributed by atoms with Crippen LogP contribution in [0, 0.1) is 0 Å². The number of imidazole rings is 1. The molecule has 0 bridgehead atoms. The summed E-state index contributed by atoms with van der Waals surface area (Å²) in [5.74, 6) is 0.711. The fourth-order valence-electron chi connectivity index (χ4n) is 3.16. The molecule has 0 radical (unpaired) electrons. The van der Waals surface area contributed by atoms with Gasteiger partial charge in [0.15, 0.2) is 0 Å². The van der Waals surface area contributed by atoms with Crippen molar-refractivity contribution in [3.8, 4) is 11.3 Å². The number of unbranched alkanes of at least 4 members (excludes halogenated alkanes) is 1. The minimum Gasteiger partial charge on any atom is -0.444 e. The lowest BCUT2D eigenvalue weighted by molar-refractivity contribution is 0.0498. The first-order valence-corrected chi connectivity index (χ1v) is 9.68. The van der Waals surface area contributed by atoms with Crippen molar-refractivity contribution in [2.24, 2.45) is 5.73 Å². The van der Waals surface area contributed by atoms with Gasteiger partial charge in [-0.05, 0) is 52.6 Å². The van der Waals surface area contributed by atoms with Gasteiger partial charge in [-0.25, -0.2) is 9.78 Å². The largest absolute Gasteiger partial charge is 0.444 e. The summed E-state index contributed by atoms with van der Waals surface area (Å²) >= 11 is 0. The molecule has 1 atom stereocenters. The molecule has 3 rings (SSSR count). The molecule has 0 aliphatic rings. The van der Waals surface area contributed by atoms with Crippen LogP contribution in [-0.4, -0.2) is 33.2 Å². The first-order chi connectivity index (χ1) is 13.4. The molecule has 150 valence electrons. The Labute approximate surface area is 165 Å². The smallest absolute Gasteiger partial charge is 0.408 e. The van der Waals surface area contributed by atoms with Gasteiger partial charge in [0.25, 0.3) is 0 Å². The number of para-hydroxylation sites is 1. The number of aromatic amines is 2. The number of aromatic nitrogens is 3. The molecule has 1 amide bonds. The van der Waals surface area contributed by atoms with Crippen LogP contribution in [0.4, 0.5) is 4.79 Å². The normalized spacial score (nSPS) is 12.9. The number of fused-ring (bicyclic) bond motifs is 1. The fourth-order valence-corrected chi connectivity index (χ4v) is 3.16. The number of benzene rings is 1. The maximum Gasteiger partial charge on any atom is 0.408 e. The lowest BCUT2D eigenvalue weighted by atomic mass is 10.1. The zero-order valence-corrected chi connectivity index (χ0v) is 16.7. The van der Waals surface area contributed by atoms with E-state index in [1.165, 1.54) is 0 Å². The van der Waals surface area contributed by atoms with E-state index in [-0.39, 0.29) is 6.04 Å². The number of amides is 1. The van der Waals surface area contributed by atoms with E-state index in [0.29, 0.717) is 12.4 Å². The van der Waals surface area contributed by atoms with Crippen molar-refractivity contribution in [3.63, 3.8) is 0 Å². The predicted octanol–water partition coefficient (Wildman–Crippen LogP) is 4.25. The number of hydrogen-bond acceptors (Lipinski definition) is 4. The van der Waals surface area contributed by atoms with Crippen molar-refractivity contribution >= 4 is 17.0 Å². The van der Waals surface area contributed by atoms with Crippen LogP contribution in [0.15, 0.2) is 36.7 Å². The van der Waals surface area contributed by atoms with Gasteiger partial charge in [-0.1, -0.05) is 18.2 Å². The van der Waals surface area contributed by atoms with E-state index in [0.717, 1.165) is 41.4 Å². The van der Waals surface area contributed by atoms with Crippen molar-refractivity contribution in [2.75, 3.05) is 6.54 Å². The van der Waals surface area contributed by atoms with Gasteiger partial charge >= 0.3 is 6.09 Å². The summed E-state index contributed by atoms with van der Waals surface area (Å²) in [5.41, 5.74) is 8.09. The van der Waals surface area contributed by atoms with Crippen LogP contribution >= 0.6 is 0 Å². The standard InChI is InChI=1S/C21H29N5O2/c1-21(2,3)28-20(27)26-17(10-6-7-11-22)19-24-13-18(25-19)15-12-23-16-9-5-4-8-14(15)16/h4-5,8-9,12-13,17,23H,6-7,10-11,22H2,1-3H3,(H,24,25)(H,26,27)/t17-/m0/s1. The fraction of sp³-hybridized carbons (Fsp3) is 0.429. The van der Waals surface area contributed by atoms with Crippen molar-refractivity contribution < 1.29 is 9.53 Å². The number of carbonyl (C=O) groups is 1. The summed E-state index contributed by atoms with van der Waals surface area (Å²) in [5, 5.41) is 4.06. The molecular formula is C21H29N5O2. The third-order valence-electron chi connectivity index (χ3n) is 4.44. The van der Waals surface area contributed by atoms with Gasteiger partial charge in [-0.3, -0.25) is 0 Å². The summed E-state index contributed by atoms with van der Waals surface area (Å²) < 4.78 is 5.41. The summed E-state index contributed by atoms with van der Waals surface area (Å²) in [6.45, 7) is 6.16. The minimum absolute atomic E-state index is 0.264. The lowest BCUT2D eigenvalue weighted by Gasteiger charge is -2.23. The quantitative estimate of drug-likeness (QED) is 0.457. The molecule has 0 saturated heterocycles. The van der Waals surface area contributed by atoms with Gasteiger partial charge in [-0.2, -0.15) is 0 Å². The zero-order chi connectivity index (χ0) is 20.1. The average molecular weight is 383 g/mol. The Morgan fingerprint density at radius 3 is 2.82 bits per heavy atom. The van der Waals surface area contributed by atoms with Gasteiger partial charge in [0, 0.05) is 22.7 Å². The first kappa shape index (κ1) is 19.9. The number of H-pyrrole nitrogens is 2. The molecule has 0 saturated carbocycles. The van der Waals surface area contributed by atoms with Gasteiger partial charge in [0.1, 0.15) is 11.4 Å². The molecule has 28 heavy (non-hydrogen) atoms. The van der Waals surface area contributed by atoms with Crippen LogP contribution in [0.3, 0.4) is 0 Å². The van der Waals surface area contributed by atoms with Crippen LogP contribution in [0.5, 0.6) is 0 Å². The Balaban J connectivity index is 1.81. The van der Waals surface area contributed by atoms with E-state index in [1.807, 2.05) is 45.2 Å². The summed E-state index contributed by atoms with van der Waals surface area (Å²) in [6.07, 6.45) is 5.83. The third-order valence-corrected chi connectivity index (χ3v) is 4.44. The van der Waals surface area contributed by atoms with Gasteiger partial charge in [-0.15, -0.1) is 0 Å². The summed E-state index contributed by atoms with van der Waals surface area (Å²) in [4.78, 5) is 23.5. The van der Waals surface area contributed by atoms with E-state index in [1.54, 1.807) is 6.20 Å². The van der Waals surface area contributed by atoms with Crippen LogP contribution in [-0.2, 0) is 4.74 Å². The molecule has 0 unspecified atom stereocenters. The number of ether oxygens (including phenoxy) is 1. The molecule has 0 aliphatic heterocycles. The Kier molecular flexibility index (Phi) is 6.04. The van der Waals surface area contributed by atoms with E-state index in [2.05, 4.69) is 26.3 Å². The van der Waals surface area contributed by atoms with Crippen molar-refractivity contribution in [1.82, 2.24) is 20.3 Å². The number of carbonyl (C=O) groups excluding carboxylic acids is 1. The van der Waals surface area contributed by atoms with Crippen LogP contribution in [0.25, 0.3) is 22.2 Å². The summed E-state index contributed by atoms with van der Waals surface area (Å²) in [6, 6.07) is 7.85. The molecular weight excluding hydrogens is 354 g/mol. The van der Waals surface area contributed by atoms with Crippen LogP contribution in [0.1, 0.15) is 51.9 Å². The SMILES string of the molecule is CC(C)(C)OC(=O)N[C@@H](CCCCN)c1ncc(-c2c[nH]c3ccccc23)[nH]1. The third kappa shape index (κ3) is 4.92. The minimum atomic E-state index is -0.551. The Morgan fingerprint density at radius 2 is 2.07 bits per heavy atom. The second kappa shape index (κ2) is 8.48. The van der Waals surface area contributed by atoms with Gasteiger partial charge < -0.3 is 25.8 Å². The average Bonchev–Trinajstić information content (AvgIpc) is 3.26. The van der Waals surface area contributed by atoms with Crippen LogP contribution < -0.4 is 11.1 Å².